The van der Waals surface area contributed by atoms with Crippen LogP contribution in [0.1, 0.15) is 35.0 Å². The lowest BCUT2D eigenvalue weighted by Crippen LogP contribution is -2.27. The summed E-state index contributed by atoms with van der Waals surface area (Å²) in [6.07, 6.45) is 3.93. The molecule has 17 heavy (non-hydrogen) atoms. The fourth-order valence-electron chi connectivity index (χ4n) is 1.84. The molecule has 0 aliphatic carbocycles. The number of nitrogens with one attached hydrogen (secondary N) is 2. The Bertz CT molecular complexity index is 422. The molecule has 5 heteroatoms. The van der Waals surface area contributed by atoms with Gasteiger partial charge in [-0.1, -0.05) is 6.92 Å². The summed E-state index contributed by atoms with van der Waals surface area (Å²) in [4.78, 5) is 13.9. The molecule has 0 saturated heterocycles. The number of hydrogen-bond donors (Lipinski definition) is 2. The van der Waals surface area contributed by atoms with Crippen LogP contribution in [-0.4, -0.2) is 42.3 Å². The molecule has 0 unspecified atom stereocenters. The van der Waals surface area contributed by atoms with Crippen molar-refractivity contribution in [2.45, 2.75) is 20.3 Å². The molecule has 1 aromatic heterocycles. The first-order valence-electron chi connectivity index (χ1n) is 5.72. The number of nitrogens with zero attached hydrogens (tertiary/aromatic N) is 2. The van der Waals surface area contributed by atoms with Gasteiger partial charge in [0.2, 0.25) is 0 Å². The maximum atomic E-state index is 12.2. The molecule has 0 radical (unpaired) electrons. The number of rotatable bonds is 5. The summed E-state index contributed by atoms with van der Waals surface area (Å²) in [5.41, 5.74) is 5.12. The average molecular weight is 236 g/mol. The third-order valence-electron chi connectivity index (χ3n) is 2.82. The largest absolute Gasteiger partial charge is 0.342 e. The average Bonchev–Trinajstić information content (AvgIpc) is 2.64. The zero-order valence-electron chi connectivity index (χ0n) is 10.9. The molecule has 5 nitrogen and oxygen atoms in total. The molecule has 0 bridgehead atoms. The van der Waals surface area contributed by atoms with Gasteiger partial charge < -0.3 is 15.7 Å². The Morgan fingerprint density at radius 1 is 1.65 bits per heavy atom. The van der Waals surface area contributed by atoms with Crippen LogP contribution in [0.3, 0.4) is 0 Å². The number of carbonyl (C=O) groups excluding carboxylic acids is 1. The first kappa shape index (κ1) is 13.3. The van der Waals surface area contributed by atoms with Crippen molar-refractivity contribution in [1.82, 2.24) is 9.58 Å². The van der Waals surface area contributed by atoms with Gasteiger partial charge in [-0.25, -0.2) is 0 Å². The van der Waals surface area contributed by atoms with E-state index in [2.05, 4.69) is 5.43 Å². The molecule has 0 spiro atoms. The number of carbonyl (C=O) groups is 1. The lowest BCUT2D eigenvalue weighted by molar-refractivity contribution is 0.0794. The van der Waals surface area contributed by atoms with Crippen LogP contribution in [0.15, 0.2) is 6.20 Å². The van der Waals surface area contributed by atoms with Crippen molar-refractivity contribution >= 4 is 12.1 Å². The monoisotopic (exact) mass is 236 g/mol. The van der Waals surface area contributed by atoms with Crippen LogP contribution in [0, 0.1) is 12.3 Å². The standard InChI is InChI=1S/C12H20N4O/c1-5-6-15(4)12(17)10-8-16(14-3)11(7-13)9(10)2/h7-8,13-14H,5-6H2,1-4H3. The number of amides is 1. The fourth-order valence-corrected chi connectivity index (χ4v) is 1.84. The van der Waals surface area contributed by atoms with E-state index in [-0.39, 0.29) is 5.91 Å². The van der Waals surface area contributed by atoms with E-state index in [1.165, 1.54) is 6.21 Å². The lowest BCUT2D eigenvalue weighted by atomic mass is 10.1. The van der Waals surface area contributed by atoms with Crippen molar-refractivity contribution in [2.24, 2.45) is 0 Å². The van der Waals surface area contributed by atoms with Crippen LogP contribution in [0.5, 0.6) is 0 Å². The first-order chi connectivity index (χ1) is 8.06. The molecule has 0 aromatic carbocycles. The van der Waals surface area contributed by atoms with Crippen molar-refractivity contribution in [3.8, 4) is 0 Å². The molecule has 0 atom stereocenters. The molecular weight excluding hydrogens is 216 g/mol. The zero-order chi connectivity index (χ0) is 13.0. The summed E-state index contributed by atoms with van der Waals surface area (Å²) >= 11 is 0. The van der Waals surface area contributed by atoms with Crippen molar-refractivity contribution in [3.05, 3.63) is 23.0 Å². The second-order valence-corrected chi connectivity index (χ2v) is 4.02. The smallest absolute Gasteiger partial charge is 0.255 e. The minimum atomic E-state index is 0.00134. The van der Waals surface area contributed by atoms with E-state index in [4.69, 9.17) is 5.41 Å². The normalized spacial score (nSPS) is 10.1. The van der Waals surface area contributed by atoms with Gasteiger partial charge >= 0.3 is 0 Å². The Labute approximate surface area is 102 Å². The van der Waals surface area contributed by atoms with Gasteiger partial charge in [-0.2, -0.15) is 0 Å². The van der Waals surface area contributed by atoms with E-state index in [9.17, 15) is 4.79 Å². The van der Waals surface area contributed by atoms with E-state index in [0.29, 0.717) is 11.3 Å². The van der Waals surface area contributed by atoms with Crippen molar-refractivity contribution in [1.29, 1.82) is 5.41 Å². The Kier molecular flexibility index (Phi) is 4.31. The summed E-state index contributed by atoms with van der Waals surface area (Å²) in [6, 6.07) is 0. The van der Waals surface area contributed by atoms with E-state index in [1.807, 2.05) is 13.8 Å². The quantitative estimate of drug-likeness (QED) is 0.760. The van der Waals surface area contributed by atoms with Crippen molar-refractivity contribution < 1.29 is 4.79 Å². The summed E-state index contributed by atoms with van der Waals surface area (Å²) < 4.78 is 1.69. The van der Waals surface area contributed by atoms with Crippen LogP contribution in [-0.2, 0) is 0 Å². The fraction of sp³-hybridized carbons (Fsp3) is 0.500. The maximum Gasteiger partial charge on any atom is 0.255 e. The topological polar surface area (TPSA) is 61.1 Å². The molecule has 0 aliphatic rings. The Morgan fingerprint density at radius 2 is 2.29 bits per heavy atom. The Hall–Kier alpha value is -1.78. The van der Waals surface area contributed by atoms with Gasteiger partial charge in [-0.15, -0.1) is 0 Å². The number of hydrogen-bond acceptors (Lipinski definition) is 3. The van der Waals surface area contributed by atoms with Gasteiger partial charge in [0.1, 0.15) is 0 Å². The van der Waals surface area contributed by atoms with E-state index in [0.717, 1.165) is 18.5 Å². The van der Waals surface area contributed by atoms with Gasteiger partial charge in [-0.3, -0.25) is 9.47 Å². The van der Waals surface area contributed by atoms with Crippen LogP contribution in [0.2, 0.25) is 0 Å². The van der Waals surface area contributed by atoms with Crippen LogP contribution in [0.4, 0.5) is 0 Å². The second-order valence-electron chi connectivity index (χ2n) is 4.02. The third kappa shape index (κ3) is 2.49. The molecule has 0 aliphatic heterocycles. The van der Waals surface area contributed by atoms with Crippen LogP contribution in [0.25, 0.3) is 0 Å². The molecule has 2 N–H and O–H groups in total. The van der Waals surface area contributed by atoms with E-state index in [1.54, 1.807) is 29.9 Å². The van der Waals surface area contributed by atoms with Gasteiger partial charge in [0.15, 0.2) is 0 Å². The summed E-state index contributed by atoms with van der Waals surface area (Å²) in [7, 11) is 3.56. The van der Waals surface area contributed by atoms with Gasteiger partial charge in [0, 0.05) is 33.1 Å². The summed E-state index contributed by atoms with van der Waals surface area (Å²) in [5, 5.41) is 7.36. The zero-order valence-corrected chi connectivity index (χ0v) is 10.9. The SMILES string of the molecule is CCCN(C)C(=O)c1cn(NC)c(C=N)c1C. The highest BCUT2D eigenvalue weighted by atomic mass is 16.2. The molecule has 0 fully saturated rings. The molecule has 0 saturated carbocycles. The number of aromatic nitrogens is 1. The van der Waals surface area contributed by atoms with Crippen molar-refractivity contribution in [2.75, 3.05) is 26.1 Å². The first-order valence-corrected chi connectivity index (χ1v) is 5.72. The lowest BCUT2D eigenvalue weighted by Gasteiger charge is -2.15. The predicted octanol–water partition coefficient (Wildman–Crippen LogP) is 1.45. The molecular formula is C12H20N4O. The van der Waals surface area contributed by atoms with Gasteiger partial charge in [-0.05, 0) is 18.9 Å². The minimum absolute atomic E-state index is 0.00134. The van der Waals surface area contributed by atoms with Crippen molar-refractivity contribution in [3.63, 3.8) is 0 Å². The van der Waals surface area contributed by atoms with Crippen LogP contribution >= 0.6 is 0 Å². The Balaban J connectivity index is 3.10. The third-order valence-corrected chi connectivity index (χ3v) is 2.82. The van der Waals surface area contributed by atoms with Gasteiger partial charge in [0.25, 0.3) is 5.91 Å². The van der Waals surface area contributed by atoms with Crippen LogP contribution < -0.4 is 5.43 Å². The van der Waals surface area contributed by atoms with E-state index < -0.39 is 0 Å². The Morgan fingerprint density at radius 3 is 2.71 bits per heavy atom. The second kappa shape index (κ2) is 5.52. The highest BCUT2D eigenvalue weighted by Gasteiger charge is 2.18. The molecule has 94 valence electrons. The van der Waals surface area contributed by atoms with E-state index >= 15 is 0 Å². The molecule has 1 heterocycles. The van der Waals surface area contributed by atoms with Gasteiger partial charge in [0.05, 0.1) is 11.3 Å². The maximum absolute atomic E-state index is 12.2. The molecule has 1 rings (SSSR count). The predicted molar refractivity (Wildman–Crippen MR) is 69.6 cm³/mol. The summed E-state index contributed by atoms with van der Waals surface area (Å²) in [5.74, 6) is 0.00134. The molecule has 1 aromatic rings. The highest BCUT2D eigenvalue weighted by molar-refractivity contribution is 5.98. The highest BCUT2D eigenvalue weighted by Crippen LogP contribution is 2.15. The summed E-state index contributed by atoms with van der Waals surface area (Å²) in [6.45, 7) is 4.64. The molecule has 1 amide bonds. The minimum Gasteiger partial charge on any atom is -0.342 e.